The zero-order chi connectivity index (χ0) is 15.4. The number of amides is 1. The summed E-state index contributed by atoms with van der Waals surface area (Å²) in [7, 11) is 0. The van der Waals surface area contributed by atoms with Crippen LogP contribution in [0.15, 0.2) is 48.5 Å². The monoisotopic (exact) mass is 299 g/mol. The van der Waals surface area contributed by atoms with Crippen LogP contribution in [-0.4, -0.2) is 19.1 Å². The molecule has 1 aliphatic heterocycles. The van der Waals surface area contributed by atoms with Gasteiger partial charge in [-0.2, -0.15) is 0 Å². The summed E-state index contributed by atoms with van der Waals surface area (Å²) in [6.07, 6.45) is 1.08. The summed E-state index contributed by atoms with van der Waals surface area (Å²) in [6.45, 7) is 1.25. The summed E-state index contributed by atoms with van der Waals surface area (Å²) in [5.74, 6) is 0.762. The summed E-state index contributed by atoms with van der Waals surface area (Å²) in [5, 5.41) is 2.94. The summed E-state index contributed by atoms with van der Waals surface area (Å²) < 4.78 is 18.7. The smallest absolute Gasteiger partial charge is 0.224 e. The number of hydrogen-bond donors (Lipinski definition) is 1. The summed E-state index contributed by atoms with van der Waals surface area (Å²) in [5.41, 5.74) is 1.82. The van der Waals surface area contributed by atoms with E-state index in [2.05, 4.69) is 5.32 Å². The Labute approximate surface area is 129 Å². The summed E-state index contributed by atoms with van der Waals surface area (Å²) in [4.78, 5) is 12.0. The van der Waals surface area contributed by atoms with E-state index >= 15 is 0 Å². The second-order valence-corrected chi connectivity index (χ2v) is 5.48. The third-order valence-electron chi connectivity index (χ3n) is 3.88. The largest absolute Gasteiger partial charge is 0.493 e. The lowest BCUT2D eigenvalue weighted by molar-refractivity contribution is -0.120. The van der Waals surface area contributed by atoms with E-state index in [0.29, 0.717) is 18.7 Å². The number of para-hydroxylation sites is 1. The van der Waals surface area contributed by atoms with Crippen LogP contribution >= 0.6 is 0 Å². The van der Waals surface area contributed by atoms with Gasteiger partial charge in [0.1, 0.15) is 11.6 Å². The second-order valence-electron chi connectivity index (χ2n) is 5.48. The maximum atomic E-state index is 13.1. The fraction of sp³-hybridized carbons (Fsp3) is 0.278. The minimum Gasteiger partial charge on any atom is -0.493 e. The molecule has 1 N–H and O–H groups in total. The maximum Gasteiger partial charge on any atom is 0.224 e. The Morgan fingerprint density at radius 1 is 1.23 bits per heavy atom. The van der Waals surface area contributed by atoms with Crippen LogP contribution in [0.1, 0.15) is 23.5 Å². The molecule has 1 unspecified atom stereocenters. The Balaban J connectivity index is 1.58. The third-order valence-corrected chi connectivity index (χ3v) is 3.88. The third kappa shape index (κ3) is 3.45. The quantitative estimate of drug-likeness (QED) is 0.942. The molecular weight excluding hydrogens is 281 g/mol. The molecule has 0 bridgehead atoms. The molecule has 1 atom stereocenters. The number of benzene rings is 2. The van der Waals surface area contributed by atoms with E-state index in [1.54, 1.807) is 12.1 Å². The van der Waals surface area contributed by atoms with Crippen LogP contribution in [0.4, 0.5) is 4.39 Å². The van der Waals surface area contributed by atoms with Gasteiger partial charge in [0.2, 0.25) is 5.91 Å². The highest BCUT2D eigenvalue weighted by Gasteiger charge is 2.21. The van der Waals surface area contributed by atoms with Crippen molar-refractivity contribution >= 4 is 5.91 Å². The van der Waals surface area contributed by atoms with E-state index in [9.17, 15) is 9.18 Å². The Morgan fingerprint density at radius 3 is 2.95 bits per heavy atom. The van der Waals surface area contributed by atoms with Crippen molar-refractivity contribution in [3.63, 3.8) is 0 Å². The molecule has 3 rings (SSSR count). The van der Waals surface area contributed by atoms with Gasteiger partial charge >= 0.3 is 0 Å². The Bertz CT molecular complexity index is 672. The fourth-order valence-electron chi connectivity index (χ4n) is 2.76. The van der Waals surface area contributed by atoms with Gasteiger partial charge in [-0.05, 0) is 35.7 Å². The van der Waals surface area contributed by atoms with Gasteiger partial charge in [-0.1, -0.05) is 30.3 Å². The van der Waals surface area contributed by atoms with Crippen molar-refractivity contribution in [2.75, 3.05) is 13.2 Å². The topological polar surface area (TPSA) is 38.3 Å². The van der Waals surface area contributed by atoms with E-state index in [1.165, 1.54) is 12.1 Å². The molecule has 3 nitrogen and oxygen atoms in total. The molecule has 2 aromatic rings. The molecule has 0 fully saturated rings. The Hall–Kier alpha value is -2.36. The number of ether oxygens (including phenoxy) is 1. The van der Waals surface area contributed by atoms with E-state index in [0.717, 1.165) is 17.7 Å². The molecule has 0 aliphatic carbocycles. The highest BCUT2D eigenvalue weighted by molar-refractivity contribution is 5.78. The van der Waals surface area contributed by atoms with Crippen molar-refractivity contribution in [1.29, 1.82) is 0 Å². The molecule has 1 amide bonds. The molecule has 4 heteroatoms. The average molecular weight is 299 g/mol. The molecule has 0 spiro atoms. The molecule has 0 aromatic heterocycles. The van der Waals surface area contributed by atoms with Crippen LogP contribution in [0.2, 0.25) is 0 Å². The van der Waals surface area contributed by atoms with Gasteiger partial charge in [-0.25, -0.2) is 4.39 Å². The first-order valence-corrected chi connectivity index (χ1v) is 7.45. The minimum atomic E-state index is -0.316. The molecule has 1 aliphatic rings. The molecule has 114 valence electrons. The van der Waals surface area contributed by atoms with Gasteiger partial charge in [0.25, 0.3) is 0 Å². The molecule has 2 aromatic carbocycles. The molecule has 0 saturated heterocycles. The number of carbonyl (C=O) groups excluding carboxylic acids is 1. The maximum absolute atomic E-state index is 13.1. The second kappa shape index (κ2) is 6.60. The van der Waals surface area contributed by atoms with Crippen LogP contribution in [0.5, 0.6) is 5.75 Å². The van der Waals surface area contributed by atoms with Crippen LogP contribution in [0, 0.1) is 5.82 Å². The van der Waals surface area contributed by atoms with E-state index in [1.807, 2.05) is 24.3 Å². The van der Waals surface area contributed by atoms with Crippen LogP contribution < -0.4 is 10.1 Å². The van der Waals surface area contributed by atoms with Crippen molar-refractivity contribution in [2.45, 2.75) is 18.8 Å². The van der Waals surface area contributed by atoms with Gasteiger partial charge in [-0.3, -0.25) is 4.79 Å². The van der Waals surface area contributed by atoms with Crippen molar-refractivity contribution < 1.29 is 13.9 Å². The van der Waals surface area contributed by atoms with Crippen molar-refractivity contribution in [3.05, 3.63) is 65.5 Å². The van der Waals surface area contributed by atoms with Gasteiger partial charge in [0, 0.05) is 12.5 Å². The van der Waals surface area contributed by atoms with Crippen molar-refractivity contribution in [1.82, 2.24) is 5.32 Å². The zero-order valence-corrected chi connectivity index (χ0v) is 12.2. The van der Waals surface area contributed by atoms with E-state index < -0.39 is 0 Å². The summed E-state index contributed by atoms with van der Waals surface area (Å²) in [6, 6.07) is 14.1. The van der Waals surface area contributed by atoms with Crippen LogP contribution in [0.25, 0.3) is 0 Å². The molecule has 0 radical (unpaired) electrons. The Morgan fingerprint density at radius 2 is 2.09 bits per heavy atom. The minimum absolute atomic E-state index is 0.0884. The van der Waals surface area contributed by atoms with Crippen LogP contribution in [0.3, 0.4) is 0 Å². The standard InChI is InChI=1S/C18H18FNO2/c19-15-5-3-4-13(10-15)11-18(21)20-12-14-8-9-22-17-7-2-1-6-16(14)17/h1-7,10,14H,8-9,11-12H2,(H,20,21). The van der Waals surface area contributed by atoms with E-state index in [-0.39, 0.29) is 24.1 Å². The number of halogens is 1. The average Bonchev–Trinajstić information content (AvgIpc) is 2.53. The zero-order valence-electron chi connectivity index (χ0n) is 12.2. The number of nitrogens with one attached hydrogen (secondary N) is 1. The lowest BCUT2D eigenvalue weighted by Crippen LogP contribution is -2.31. The first-order valence-electron chi connectivity index (χ1n) is 7.45. The molecule has 1 heterocycles. The lowest BCUT2D eigenvalue weighted by atomic mass is 9.93. The predicted molar refractivity (Wildman–Crippen MR) is 82.4 cm³/mol. The predicted octanol–water partition coefficient (Wildman–Crippen LogP) is 3.05. The highest BCUT2D eigenvalue weighted by atomic mass is 19.1. The first-order chi connectivity index (χ1) is 10.7. The van der Waals surface area contributed by atoms with Gasteiger partial charge < -0.3 is 10.1 Å². The van der Waals surface area contributed by atoms with Crippen LogP contribution in [-0.2, 0) is 11.2 Å². The Kier molecular flexibility index (Phi) is 4.37. The lowest BCUT2D eigenvalue weighted by Gasteiger charge is -2.26. The van der Waals surface area contributed by atoms with Gasteiger partial charge in [0.05, 0.1) is 13.0 Å². The van der Waals surface area contributed by atoms with E-state index in [4.69, 9.17) is 4.74 Å². The molecular formula is C18H18FNO2. The van der Waals surface area contributed by atoms with Crippen molar-refractivity contribution in [2.24, 2.45) is 0 Å². The number of rotatable bonds is 4. The number of fused-ring (bicyclic) bond motifs is 1. The molecule has 0 saturated carbocycles. The highest BCUT2D eigenvalue weighted by Crippen LogP contribution is 2.32. The number of hydrogen-bond acceptors (Lipinski definition) is 2. The SMILES string of the molecule is O=C(Cc1cccc(F)c1)NCC1CCOc2ccccc21. The van der Waals surface area contributed by atoms with Gasteiger partial charge in [0.15, 0.2) is 0 Å². The fourth-order valence-corrected chi connectivity index (χ4v) is 2.76. The molecule has 22 heavy (non-hydrogen) atoms. The van der Waals surface area contributed by atoms with Gasteiger partial charge in [-0.15, -0.1) is 0 Å². The number of carbonyl (C=O) groups is 1. The first kappa shape index (κ1) is 14.6. The summed E-state index contributed by atoms with van der Waals surface area (Å²) >= 11 is 0. The van der Waals surface area contributed by atoms with Crippen molar-refractivity contribution in [3.8, 4) is 5.75 Å². The normalized spacial score (nSPS) is 16.5.